The first-order chi connectivity index (χ1) is 13.1. The first-order valence-electron chi connectivity index (χ1n) is 8.34. The maximum atomic E-state index is 12.1. The summed E-state index contributed by atoms with van der Waals surface area (Å²) in [7, 11) is 0. The number of aromatic nitrogens is 3. The van der Waals surface area contributed by atoms with Gasteiger partial charge in [0.05, 0.1) is 12.0 Å². The van der Waals surface area contributed by atoms with Crippen LogP contribution in [0.2, 0.25) is 0 Å². The largest absolute Gasteiger partial charge is 0.461 e. The van der Waals surface area contributed by atoms with Crippen LogP contribution in [0.4, 0.5) is 0 Å². The van der Waals surface area contributed by atoms with Crippen molar-refractivity contribution in [1.82, 2.24) is 25.6 Å². The van der Waals surface area contributed by atoms with Crippen molar-refractivity contribution >= 4 is 23.6 Å². The van der Waals surface area contributed by atoms with E-state index in [0.29, 0.717) is 28.8 Å². The van der Waals surface area contributed by atoms with Gasteiger partial charge in [-0.05, 0) is 37.6 Å². The summed E-state index contributed by atoms with van der Waals surface area (Å²) < 4.78 is 7.22. The Morgan fingerprint density at radius 1 is 1.15 bits per heavy atom. The van der Waals surface area contributed by atoms with Crippen LogP contribution < -0.4 is 10.9 Å². The van der Waals surface area contributed by atoms with Crippen molar-refractivity contribution in [3.8, 4) is 11.6 Å². The number of thioether (sulfide) groups is 1. The lowest BCUT2D eigenvalue weighted by Gasteiger charge is -2.09. The molecule has 0 saturated heterocycles. The van der Waals surface area contributed by atoms with Crippen molar-refractivity contribution in [2.45, 2.75) is 25.5 Å². The average Bonchev–Trinajstić information content (AvgIpc) is 3.33. The van der Waals surface area contributed by atoms with Gasteiger partial charge in [0, 0.05) is 12.1 Å². The van der Waals surface area contributed by atoms with Crippen molar-refractivity contribution in [2.24, 2.45) is 0 Å². The number of benzene rings is 1. The molecule has 140 valence electrons. The summed E-state index contributed by atoms with van der Waals surface area (Å²) in [6.07, 6.45) is 1.57. The maximum Gasteiger partial charge on any atom is 0.269 e. The summed E-state index contributed by atoms with van der Waals surface area (Å²) in [6, 6.07) is 10.7. The third-order valence-electron chi connectivity index (χ3n) is 3.81. The standard InChI is InChI=1S/C18H19N5O3S/c1-3-23-16(14-9-6-10-26-14)20-22-18(23)27-11-15(24)19-21-17(25)13-8-5-4-7-12(13)2/h4-10H,3,11H2,1-2H3,(H,19,24)(H,21,25). The molecule has 0 unspecified atom stereocenters. The number of hydrazine groups is 1. The van der Waals surface area contributed by atoms with E-state index in [9.17, 15) is 9.59 Å². The predicted octanol–water partition coefficient (Wildman–Crippen LogP) is 2.42. The van der Waals surface area contributed by atoms with Crippen molar-refractivity contribution in [1.29, 1.82) is 0 Å². The van der Waals surface area contributed by atoms with Crippen LogP contribution in [0.25, 0.3) is 11.6 Å². The number of aryl methyl sites for hydroxylation is 1. The molecule has 3 rings (SSSR count). The fraction of sp³-hybridized carbons (Fsp3) is 0.222. The molecule has 0 bridgehead atoms. The zero-order valence-corrected chi connectivity index (χ0v) is 15.7. The number of nitrogens with zero attached hydrogens (tertiary/aromatic N) is 3. The van der Waals surface area contributed by atoms with Crippen LogP contribution in [0.3, 0.4) is 0 Å². The Labute approximate surface area is 160 Å². The molecule has 8 nitrogen and oxygen atoms in total. The number of amides is 2. The normalized spacial score (nSPS) is 10.6. The minimum absolute atomic E-state index is 0.0876. The molecule has 0 atom stereocenters. The molecule has 0 saturated carbocycles. The molecule has 2 aromatic heterocycles. The van der Waals surface area contributed by atoms with Gasteiger partial charge < -0.3 is 4.42 Å². The van der Waals surface area contributed by atoms with Gasteiger partial charge in [-0.15, -0.1) is 10.2 Å². The molecule has 2 N–H and O–H groups in total. The molecule has 0 radical (unpaired) electrons. The third kappa shape index (κ3) is 4.37. The van der Waals surface area contributed by atoms with Gasteiger partial charge in [0.1, 0.15) is 0 Å². The molecule has 0 aliphatic carbocycles. The predicted molar refractivity (Wildman–Crippen MR) is 101 cm³/mol. The molecule has 2 amide bonds. The van der Waals surface area contributed by atoms with Crippen LogP contribution >= 0.6 is 11.8 Å². The summed E-state index contributed by atoms with van der Waals surface area (Å²) >= 11 is 1.23. The Kier molecular flexibility index (Phi) is 5.92. The Hall–Kier alpha value is -3.07. The van der Waals surface area contributed by atoms with Crippen molar-refractivity contribution in [3.05, 3.63) is 53.8 Å². The molecule has 0 spiro atoms. The molecule has 9 heteroatoms. The monoisotopic (exact) mass is 385 g/mol. The SMILES string of the molecule is CCn1c(SCC(=O)NNC(=O)c2ccccc2C)nnc1-c1ccco1. The molecule has 3 aromatic rings. The second kappa shape index (κ2) is 8.54. The Morgan fingerprint density at radius 3 is 2.67 bits per heavy atom. The molecule has 0 aliphatic heterocycles. The number of hydrogen-bond donors (Lipinski definition) is 2. The van der Waals surface area contributed by atoms with Crippen LogP contribution in [0, 0.1) is 6.92 Å². The highest BCUT2D eigenvalue weighted by atomic mass is 32.2. The van der Waals surface area contributed by atoms with Gasteiger partial charge in [-0.25, -0.2) is 0 Å². The molecule has 27 heavy (non-hydrogen) atoms. The van der Waals surface area contributed by atoms with Crippen LogP contribution in [0.15, 0.2) is 52.2 Å². The first kappa shape index (κ1) is 18.7. The Balaban J connectivity index is 1.55. The van der Waals surface area contributed by atoms with Gasteiger partial charge in [0.25, 0.3) is 5.91 Å². The number of rotatable bonds is 6. The fourth-order valence-electron chi connectivity index (χ4n) is 2.46. The van der Waals surface area contributed by atoms with Crippen molar-refractivity contribution in [2.75, 3.05) is 5.75 Å². The van der Waals surface area contributed by atoms with Crippen LogP contribution in [-0.4, -0.2) is 32.3 Å². The van der Waals surface area contributed by atoms with E-state index in [1.807, 2.05) is 30.5 Å². The summed E-state index contributed by atoms with van der Waals surface area (Å²) in [5, 5.41) is 8.85. The Bertz CT molecular complexity index is 936. The topological polar surface area (TPSA) is 102 Å². The lowest BCUT2D eigenvalue weighted by molar-refractivity contribution is -0.119. The first-order valence-corrected chi connectivity index (χ1v) is 9.33. The van der Waals surface area contributed by atoms with E-state index in [0.717, 1.165) is 5.56 Å². The Morgan fingerprint density at radius 2 is 1.96 bits per heavy atom. The molecule has 1 aromatic carbocycles. The average molecular weight is 385 g/mol. The highest BCUT2D eigenvalue weighted by Crippen LogP contribution is 2.23. The smallest absolute Gasteiger partial charge is 0.269 e. The molecular formula is C18H19N5O3S. The van der Waals surface area contributed by atoms with Crippen LogP contribution in [-0.2, 0) is 11.3 Å². The number of furan rings is 1. The molecule has 0 fully saturated rings. The lowest BCUT2D eigenvalue weighted by atomic mass is 10.1. The number of carbonyl (C=O) groups is 2. The summed E-state index contributed by atoms with van der Waals surface area (Å²) in [4.78, 5) is 24.2. The fourth-order valence-corrected chi connectivity index (χ4v) is 3.26. The second-order valence-corrected chi connectivity index (χ2v) is 6.58. The van der Waals surface area contributed by atoms with Gasteiger partial charge in [-0.1, -0.05) is 30.0 Å². The second-order valence-electron chi connectivity index (χ2n) is 5.63. The zero-order chi connectivity index (χ0) is 19.2. The van der Waals surface area contributed by atoms with Crippen molar-refractivity contribution in [3.63, 3.8) is 0 Å². The van der Waals surface area contributed by atoms with E-state index < -0.39 is 0 Å². The molecule has 2 heterocycles. The highest BCUT2D eigenvalue weighted by molar-refractivity contribution is 7.99. The van der Waals surface area contributed by atoms with Crippen LogP contribution in [0.1, 0.15) is 22.8 Å². The highest BCUT2D eigenvalue weighted by Gasteiger charge is 2.16. The lowest BCUT2D eigenvalue weighted by Crippen LogP contribution is -2.42. The van der Waals surface area contributed by atoms with Gasteiger partial charge in [0.15, 0.2) is 16.7 Å². The van der Waals surface area contributed by atoms with E-state index in [-0.39, 0.29) is 17.6 Å². The van der Waals surface area contributed by atoms with Crippen LogP contribution in [0.5, 0.6) is 0 Å². The van der Waals surface area contributed by atoms with E-state index in [1.165, 1.54) is 11.8 Å². The number of hydrogen-bond acceptors (Lipinski definition) is 6. The van der Waals surface area contributed by atoms with Gasteiger partial charge in [0.2, 0.25) is 5.91 Å². The molecular weight excluding hydrogens is 366 g/mol. The zero-order valence-electron chi connectivity index (χ0n) is 14.9. The number of nitrogens with one attached hydrogen (secondary N) is 2. The summed E-state index contributed by atoms with van der Waals surface area (Å²) in [5.74, 6) is 0.615. The number of carbonyl (C=O) groups excluding carboxylic acids is 2. The van der Waals surface area contributed by atoms with Crippen molar-refractivity contribution < 1.29 is 14.0 Å². The van der Waals surface area contributed by atoms with Gasteiger partial charge >= 0.3 is 0 Å². The van der Waals surface area contributed by atoms with E-state index in [4.69, 9.17) is 4.42 Å². The van der Waals surface area contributed by atoms with E-state index >= 15 is 0 Å². The van der Waals surface area contributed by atoms with Gasteiger partial charge in [-0.3, -0.25) is 25.0 Å². The third-order valence-corrected chi connectivity index (χ3v) is 4.78. The minimum atomic E-state index is -0.358. The quantitative estimate of drug-likeness (QED) is 0.499. The summed E-state index contributed by atoms with van der Waals surface area (Å²) in [6.45, 7) is 4.43. The summed E-state index contributed by atoms with van der Waals surface area (Å²) in [5.41, 5.74) is 6.18. The van der Waals surface area contributed by atoms with Gasteiger partial charge in [-0.2, -0.15) is 0 Å². The van der Waals surface area contributed by atoms with E-state index in [2.05, 4.69) is 21.0 Å². The maximum absolute atomic E-state index is 12.1. The minimum Gasteiger partial charge on any atom is -0.461 e. The molecule has 0 aliphatic rings. The van der Waals surface area contributed by atoms with E-state index in [1.54, 1.807) is 30.5 Å².